The van der Waals surface area contributed by atoms with Gasteiger partial charge in [-0.3, -0.25) is 24.4 Å². The van der Waals surface area contributed by atoms with E-state index in [4.69, 9.17) is 4.74 Å². The second-order valence-electron chi connectivity index (χ2n) is 16.4. The number of ether oxygens (including phenoxy) is 1. The summed E-state index contributed by atoms with van der Waals surface area (Å²) in [5.41, 5.74) is 1.89. The van der Waals surface area contributed by atoms with Crippen LogP contribution in [-0.4, -0.2) is 120 Å². The van der Waals surface area contributed by atoms with Gasteiger partial charge in [-0.05, 0) is 119 Å². The van der Waals surface area contributed by atoms with Crippen LogP contribution in [0.4, 0.5) is 14.5 Å². The Labute approximate surface area is 376 Å². The van der Waals surface area contributed by atoms with Gasteiger partial charge in [0.05, 0.1) is 23.3 Å². The first-order chi connectivity index (χ1) is 30.8. The summed E-state index contributed by atoms with van der Waals surface area (Å²) < 4.78 is 40.4. The average Bonchev–Trinajstić information content (AvgIpc) is 3.65. The van der Waals surface area contributed by atoms with Crippen molar-refractivity contribution >= 4 is 78.0 Å². The van der Waals surface area contributed by atoms with Crippen LogP contribution in [0.25, 0.3) is 16.7 Å². The molecule has 0 bridgehead atoms. The van der Waals surface area contributed by atoms with Gasteiger partial charge in [0.2, 0.25) is 0 Å². The molecule has 1 unspecified atom stereocenters. The van der Waals surface area contributed by atoms with E-state index in [1.165, 1.54) is 30.1 Å². The van der Waals surface area contributed by atoms with Crippen LogP contribution < -0.4 is 10.1 Å². The topological polar surface area (TPSA) is 159 Å². The maximum Gasteiger partial charge on any atom is 0.260 e. The molecule has 0 saturated carbocycles. The summed E-state index contributed by atoms with van der Waals surface area (Å²) in [6, 6.07) is 14.5. The van der Waals surface area contributed by atoms with Crippen LogP contribution in [-0.2, 0) is 14.4 Å². The van der Waals surface area contributed by atoms with Crippen molar-refractivity contribution in [2.45, 2.75) is 76.3 Å². The first-order valence-corrected chi connectivity index (χ1v) is 22.1. The van der Waals surface area contributed by atoms with Crippen LogP contribution in [0.15, 0.2) is 75.3 Å². The number of likely N-dealkylation sites (N-methyl/N-ethyl adjacent to an activating group) is 1. The number of imidazole rings is 1. The fraction of sp³-hybridized carbons (Fsp3) is 0.404. The smallest absolute Gasteiger partial charge is 0.260 e. The second kappa shape index (κ2) is 21.5. The average molecular weight is 897 g/mol. The van der Waals surface area contributed by atoms with Crippen molar-refractivity contribution in [3.05, 3.63) is 88.8 Å². The molecule has 3 aromatic carbocycles. The number of rotatable bonds is 19. The molecule has 2 saturated heterocycles. The Hall–Kier alpha value is -6.07. The van der Waals surface area contributed by atoms with Crippen LogP contribution >= 0.6 is 11.9 Å². The Morgan fingerprint density at radius 2 is 1.75 bits per heavy atom. The second-order valence-corrected chi connectivity index (χ2v) is 17.5. The summed E-state index contributed by atoms with van der Waals surface area (Å²) in [6.45, 7) is 12.0. The third kappa shape index (κ3) is 11.0. The lowest BCUT2D eigenvalue weighted by Gasteiger charge is -2.46. The molecule has 2 aliphatic heterocycles. The van der Waals surface area contributed by atoms with Gasteiger partial charge in [0.1, 0.15) is 42.0 Å². The Morgan fingerprint density at radius 3 is 2.39 bits per heavy atom. The van der Waals surface area contributed by atoms with Gasteiger partial charge in [-0.15, -0.1) is 0 Å². The SMILES string of the molecule is C=N/C(=C(F)\C=N/CNc1ccc(SN2CCC3(CC2)CCN(C(=O)COc2cccc(C=O)c2C(=O)N(C)C(C=O)CCC=O)CC3)cc1)c1cc(F)c2nc(C)n(C(C)C)c2c1. The van der Waals surface area contributed by atoms with Crippen LogP contribution in [0.2, 0.25) is 0 Å². The van der Waals surface area contributed by atoms with Crippen LogP contribution in [0.1, 0.15) is 90.5 Å². The monoisotopic (exact) mass is 896 g/mol. The number of fused-ring (bicyclic) bond motifs is 1. The molecule has 1 atom stereocenters. The minimum Gasteiger partial charge on any atom is -0.483 e. The van der Waals surface area contributed by atoms with Crippen LogP contribution in [0.3, 0.4) is 0 Å². The highest BCUT2D eigenvalue weighted by molar-refractivity contribution is 7.97. The Balaban J connectivity index is 0.949. The Kier molecular flexibility index (Phi) is 16.0. The molecule has 3 heterocycles. The van der Waals surface area contributed by atoms with Crippen molar-refractivity contribution in [2.24, 2.45) is 15.4 Å². The number of aliphatic imine (C=N–C) groups is 2. The molecule has 1 spiro atoms. The first kappa shape index (κ1) is 47.4. The zero-order valence-electron chi connectivity index (χ0n) is 36.6. The van der Waals surface area contributed by atoms with E-state index in [0.717, 1.165) is 55.6 Å². The number of amides is 2. The number of aromatic nitrogens is 2. The molecular weight excluding hydrogens is 843 g/mol. The predicted molar refractivity (Wildman–Crippen MR) is 245 cm³/mol. The molecule has 0 radical (unpaired) electrons. The van der Waals surface area contributed by atoms with Gasteiger partial charge in [-0.2, -0.15) is 0 Å². The fourth-order valence-electron chi connectivity index (χ4n) is 8.40. The van der Waals surface area contributed by atoms with E-state index >= 15 is 8.78 Å². The molecule has 2 fully saturated rings. The highest BCUT2D eigenvalue weighted by Gasteiger charge is 2.39. The minimum atomic E-state index is -0.865. The van der Waals surface area contributed by atoms with Crippen molar-refractivity contribution in [2.75, 3.05) is 51.8 Å². The van der Waals surface area contributed by atoms with Gasteiger partial charge in [0, 0.05) is 67.4 Å². The van der Waals surface area contributed by atoms with Crippen molar-refractivity contribution in [1.29, 1.82) is 0 Å². The van der Waals surface area contributed by atoms with Crippen molar-refractivity contribution in [3.8, 4) is 5.75 Å². The lowest BCUT2D eigenvalue weighted by Crippen LogP contribution is -2.48. The summed E-state index contributed by atoms with van der Waals surface area (Å²) in [5.74, 6) is -1.41. The molecule has 2 aliphatic rings. The van der Waals surface area contributed by atoms with E-state index in [1.807, 2.05) is 42.7 Å². The highest BCUT2D eigenvalue weighted by atomic mass is 32.2. The third-order valence-electron chi connectivity index (χ3n) is 12.0. The van der Waals surface area contributed by atoms with Crippen molar-refractivity contribution < 1.29 is 37.5 Å². The van der Waals surface area contributed by atoms with E-state index in [-0.39, 0.29) is 77.1 Å². The van der Waals surface area contributed by atoms with E-state index in [2.05, 4.69) is 31.3 Å². The Morgan fingerprint density at radius 1 is 1.05 bits per heavy atom. The predicted octanol–water partition coefficient (Wildman–Crippen LogP) is 7.77. The molecule has 14 nitrogen and oxygen atoms in total. The van der Waals surface area contributed by atoms with Gasteiger partial charge in [-0.25, -0.2) is 18.1 Å². The molecule has 0 aliphatic carbocycles. The number of piperidine rings is 2. The number of nitrogens with zero attached hydrogens (tertiary/aromatic N) is 7. The molecular formula is C47H54F2N8O6S. The van der Waals surface area contributed by atoms with E-state index in [1.54, 1.807) is 35.9 Å². The molecule has 4 aromatic rings. The molecule has 1 aromatic heterocycles. The number of anilines is 1. The number of allylic oxidation sites excluding steroid dienone is 1. The number of hydrogen-bond donors (Lipinski definition) is 1. The minimum absolute atomic E-state index is 0.0279. The van der Waals surface area contributed by atoms with E-state index in [9.17, 15) is 24.0 Å². The number of aldehydes is 3. The number of carbonyl (C=O) groups is 5. The van der Waals surface area contributed by atoms with Gasteiger partial charge in [0.25, 0.3) is 11.8 Å². The normalized spacial score (nSPS) is 16.1. The number of likely N-dealkylation sites (tertiary alicyclic amines) is 1. The quantitative estimate of drug-likeness (QED) is 0.0560. The molecule has 1 N–H and O–H groups in total. The molecule has 6 rings (SSSR count). The number of benzene rings is 3. The highest BCUT2D eigenvalue weighted by Crippen LogP contribution is 2.43. The maximum atomic E-state index is 15.3. The summed E-state index contributed by atoms with van der Waals surface area (Å²) in [4.78, 5) is 77.6. The number of hydrogen-bond acceptors (Lipinski definition) is 12. The van der Waals surface area contributed by atoms with E-state index in [0.29, 0.717) is 43.3 Å². The maximum absolute atomic E-state index is 15.3. The third-order valence-corrected chi connectivity index (χ3v) is 13.1. The van der Waals surface area contributed by atoms with Crippen molar-refractivity contribution in [1.82, 2.24) is 23.7 Å². The van der Waals surface area contributed by atoms with Gasteiger partial charge in [-0.1, -0.05) is 12.1 Å². The molecule has 338 valence electrons. The summed E-state index contributed by atoms with van der Waals surface area (Å²) in [6.07, 6.45) is 6.82. The number of nitrogens with one attached hydrogen (secondary N) is 1. The summed E-state index contributed by atoms with van der Waals surface area (Å²) >= 11 is 1.70. The van der Waals surface area contributed by atoms with Crippen molar-refractivity contribution in [3.63, 3.8) is 0 Å². The van der Waals surface area contributed by atoms with Gasteiger partial charge >= 0.3 is 0 Å². The van der Waals surface area contributed by atoms with Crippen LogP contribution in [0, 0.1) is 18.2 Å². The number of carbonyl (C=O) groups excluding carboxylic acids is 5. The van der Waals surface area contributed by atoms with Gasteiger partial charge < -0.3 is 34.0 Å². The molecule has 2 amide bonds. The van der Waals surface area contributed by atoms with Crippen LogP contribution in [0.5, 0.6) is 5.75 Å². The first-order valence-electron chi connectivity index (χ1n) is 21.3. The lowest BCUT2D eigenvalue weighted by atomic mass is 9.71. The Bertz CT molecular complexity index is 2420. The number of aryl methyl sites for hydroxylation is 1. The van der Waals surface area contributed by atoms with E-state index < -0.39 is 23.6 Å². The summed E-state index contributed by atoms with van der Waals surface area (Å²) in [7, 11) is 1.42. The lowest BCUT2D eigenvalue weighted by molar-refractivity contribution is -0.136. The molecule has 64 heavy (non-hydrogen) atoms. The number of halogens is 2. The largest absolute Gasteiger partial charge is 0.483 e. The standard InChI is InChI=1S/C47H54F2N8O6S/c1-31(2)57-32(3)53-45-38(48)24-34(25-40(45)57)44(50-4)39(49)26-51-30-52-35-11-13-37(14-12-35)64-56-21-17-47(18-22-56)15-19-55(20-16-47)42(61)29-63-41-10-6-8-33(27-59)43(41)46(62)54(5)36(28-60)9-7-23-58/h6,8,10-14,23-28,31,36,52H,4,7,9,15-22,29-30H2,1-3,5H3/b44-39+,51-26-. The summed E-state index contributed by atoms with van der Waals surface area (Å²) in [5, 5.41) is 3.17. The van der Waals surface area contributed by atoms with Gasteiger partial charge in [0.15, 0.2) is 24.5 Å². The molecule has 17 heteroatoms. The zero-order valence-corrected chi connectivity index (χ0v) is 37.4. The zero-order chi connectivity index (χ0) is 46.0. The fourth-order valence-corrected chi connectivity index (χ4v) is 9.32.